The molecule has 21 heavy (non-hydrogen) atoms. The maximum absolute atomic E-state index is 12.8. The molecule has 1 aromatic rings. The van der Waals surface area contributed by atoms with Gasteiger partial charge in [0.05, 0.1) is 10.5 Å². The Balaban J connectivity index is 2.42. The number of hydrogen-bond donors (Lipinski definition) is 1. The molecule has 2 rings (SSSR count). The number of anilines is 1. The maximum atomic E-state index is 12.8. The van der Waals surface area contributed by atoms with E-state index in [1.165, 1.54) is 12.1 Å². The van der Waals surface area contributed by atoms with Crippen LogP contribution in [0.2, 0.25) is 0 Å². The highest BCUT2D eigenvalue weighted by molar-refractivity contribution is 6.00. The Bertz CT molecular complexity index is 569. The Kier molecular flexibility index (Phi) is 4.16. The van der Waals surface area contributed by atoms with Crippen LogP contribution in [0, 0.1) is 10.1 Å². The van der Waals surface area contributed by atoms with E-state index in [4.69, 9.17) is 0 Å². The van der Waals surface area contributed by atoms with Crippen molar-refractivity contribution in [3.63, 3.8) is 0 Å². The van der Waals surface area contributed by atoms with Gasteiger partial charge in [-0.3, -0.25) is 14.9 Å². The van der Waals surface area contributed by atoms with E-state index in [0.717, 1.165) is 12.8 Å². The molecule has 1 saturated heterocycles. The van der Waals surface area contributed by atoms with E-state index in [0.29, 0.717) is 24.3 Å². The molecule has 114 valence electrons. The summed E-state index contributed by atoms with van der Waals surface area (Å²) in [4.78, 5) is 25.1. The Morgan fingerprint density at radius 2 is 2.19 bits per heavy atom. The largest absolute Gasteiger partial charge is 0.385 e. The summed E-state index contributed by atoms with van der Waals surface area (Å²) in [6.07, 6.45) is 1.91. The Labute approximate surface area is 124 Å². The zero-order valence-corrected chi connectivity index (χ0v) is 12.7. The monoisotopic (exact) mass is 291 g/mol. The van der Waals surface area contributed by atoms with Crippen molar-refractivity contribution >= 4 is 17.3 Å². The molecule has 6 heteroatoms. The molecule has 0 atom stereocenters. The molecule has 0 aliphatic carbocycles. The third kappa shape index (κ3) is 2.99. The first-order chi connectivity index (χ1) is 9.86. The first-order valence-electron chi connectivity index (χ1n) is 7.21. The van der Waals surface area contributed by atoms with Crippen LogP contribution in [0.5, 0.6) is 0 Å². The van der Waals surface area contributed by atoms with Gasteiger partial charge in [0, 0.05) is 36.4 Å². The van der Waals surface area contributed by atoms with Crippen LogP contribution in [0.25, 0.3) is 0 Å². The number of hydrogen-bond acceptors (Lipinski definition) is 4. The van der Waals surface area contributed by atoms with Crippen LogP contribution in [0.15, 0.2) is 18.2 Å². The minimum atomic E-state index is -0.471. The number of nitrogens with one attached hydrogen (secondary N) is 1. The van der Waals surface area contributed by atoms with Crippen LogP contribution in [0.3, 0.4) is 0 Å². The summed E-state index contributed by atoms with van der Waals surface area (Å²) in [6, 6.07) is 4.40. The highest BCUT2D eigenvalue weighted by Gasteiger charge is 2.36. The molecule has 0 aromatic heterocycles. The van der Waals surface area contributed by atoms with Crippen molar-refractivity contribution < 1.29 is 9.72 Å². The van der Waals surface area contributed by atoms with E-state index in [2.05, 4.69) is 5.32 Å². The predicted octanol–water partition coefficient (Wildman–Crippen LogP) is 3.04. The van der Waals surface area contributed by atoms with Gasteiger partial charge in [0.2, 0.25) is 0 Å². The molecule has 0 saturated carbocycles. The van der Waals surface area contributed by atoms with Gasteiger partial charge in [-0.2, -0.15) is 0 Å². The molecule has 6 nitrogen and oxygen atoms in total. The van der Waals surface area contributed by atoms with E-state index in [9.17, 15) is 14.9 Å². The lowest BCUT2D eigenvalue weighted by molar-refractivity contribution is -0.384. The first-order valence-corrected chi connectivity index (χ1v) is 7.21. The standard InChI is InChI=1S/C15H21N3O3/c1-4-16-13-7-6-11(18(20)21)10-12(13)14(19)17-9-5-8-15(17,2)3/h6-7,10,16H,4-5,8-9H2,1-3H3. The van der Waals surface area contributed by atoms with E-state index < -0.39 is 4.92 Å². The number of benzene rings is 1. The van der Waals surface area contributed by atoms with Gasteiger partial charge >= 0.3 is 0 Å². The highest BCUT2D eigenvalue weighted by Crippen LogP contribution is 2.32. The molecule has 0 bridgehead atoms. The van der Waals surface area contributed by atoms with Crippen molar-refractivity contribution in [3.8, 4) is 0 Å². The van der Waals surface area contributed by atoms with Crippen LogP contribution in [0.4, 0.5) is 11.4 Å². The minimum Gasteiger partial charge on any atom is -0.385 e. The fourth-order valence-electron chi connectivity index (χ4n) is 2.80. The van der Waals surface area contributed by atoms with Crippen molar-refractivity contribution in [1.29, 1.82) is 0 Å². The summed E-state index contributed by atoms with van der Waals surface area (Å²) < 4.78 is 0. The topological polar surface area (TPSA) is 75.5 Å². The van der Waals surface area contributed by atoms with Crippen LogP contribution >= 0.6 is 0 Å². The quantitative estimate of drug-likeness (QED) is 0.683. The normalized spacial score (nSPS) is 16.8. The second-order valence-corrected chi connectivity index (χ2v) is 5.89. The second kappa shape index (κ2) is 5.71. The molecule has 1 aliphatic heterocycles. The summed E-state index contributed by atoms with van der Waals surface area (Å²) >= 11 is 0. The molecule has 1 aromatic carbocycles. The molecule has 1 amide bonds. The van der Waals surface area contributed by atoms with Gasteiger partial charge in [-0.25, -0.2) is 0 Å². The molecule has 1 heterocycles. The van der Waals surface area contributed by atoms with Crippen LogP contribution in [-0.2, 0) is 0 Å². The number of nitro groups is 1. The van der Waals surface area contributed by atoms with Gasteiger partial charge in [-0.15, -0.1) is 0 Å². The Hall–Kier alpha value is -2.11. The average molecular weight is 291 g/mol. The number of amides is 1. The molecule has 0 spiro atoms. The van der Waals surface area contributed by atoms with Crippen LogP contribution in [0.1, 0.15) is 44.0 Å². The summed E-state index contributed by atoms with van der Waals surface area (Å²) in [6.45, 7) is 7.33. The molecule has 1 aliphatic rings. The number of rotatable bonds is 4. The average Bonchev–Trinajstić information content (AvgIpc) is 2.78. The SMILES string of the molecule is CCNc1ccc([N+](=O)[O-])cc1C(=O)N1CCCC1(C)C. The van der Waals surface area contributed by atoms with E-state index in [-0.39, 0.29) is 17.1 Å². The summed E-state index contributed by atoms with van der Waals surface area (Å²) in [7, 11) is 0. The van der Waals surface area contributed by atoms with Gasteiger partial charge < -0.3 is 10.2 Å². The van der Waals surface area contributed by atoms with Gasteiger partial charge in [0.25, 0.3) is 11.6 Å². The molecular formula is C15H21N3O3. The number of likely N-dealkylation sites (tertiary alicyclic amines) is 1. The molecule has 1 fully saturated rings. The minimum absolute atomic E-state index is 0.0583. The third-order valence-corrected chi connectivity index (χ3v) is 3.96. The van der Waals surface area contributed by atoms with Gasteiger partial charge in [-0.1, -0.05) is 0 Å². The molecular weight excluding hydrogens is 270 g/mol. The summed E-state index contributed by atoms with van der Waals surface area (Å²) in [5.74, 6) is -0.142. The zero-order chi connectivity index (χ0) is 15.6. The lowest BCUT2D eigenvalue weighted by Crippen LogP contribution is -2.42. The van der Waals surface area contributed by atoms with E-state index in [1.807, 2.05) is 25.7 Å². The van der Waals surface area contributed by atoms with Crippen molar-refractivity contribution in [3.05, 3.63) is 33.9 Å². The van der Waals surface area contributed by atoms with Crippen LogP contribution < -0.4 is 5.32 Å². The fraction of sp³-hybridized carbons (Fsp3) is 0.533. The smallest absolute Gasteiger partial charge is 0.270 e. The van der Waals surface area contributed by atoms with Crippen LogP contribution in [-0.4, -0.2) is 34.4 Å². The number of nitrogens with zero attached hydrogens (tertiary/aromatic N) is 2. The zero-order valence-electron chi connectivity index (χ0n) is 12.7. The number of carbonyl (C=O) groups is 1. The van der Waals surface area contributed by atoms with Crippen molar-refractivity contribution in [2.45, 2.75) is 39.2 Å². The third-order valence-electron chi connectivity index (χ3n) is 3.96. The lowest BCUT2D eigenvalue weighted by atomic mass is 10.0. The summed E-state index contributed by atoms with van der Waals surface area (Å²) in [5.41, 5.74) is 0.763. The molecule has 0 radical (unpaired) electrons. The number of carbonyl (C=O) groups excluding carboxylic acids is 1. The van der Waals surface area contributed by atoms with Gasteiger partial charge in [0.1, 0.15) is 0 Å². The fourth-order valence-corrected chi connectivity index (χ4v) is 2.80. The molecule has 1 N–H and O–H groups in total. The second-order valence-electron chi connectivity index (χ2n) is 5.89. The van der Waals surface area contributed by atoms with Crippen molar-refractivity contribution in [2.75, 3.05) is 18.4 Å². The highest BCUT2D eigenvalue weighted by atomic mass is 16.6. The van der Waals surface area contributed by atoms with Crippen molar-refractivity contribution in [1.82, 2.24) is 4.90 Å². The first kappa shape index (κ1) is 15.3. The van der Waals surface area contributed by atoms with E-state index >= 15 is 0 Å². The Morgan fingerprint density at radius 3 is 2.71 bits per heavy atom. The van der Waals surface area contributed by atoms with E-state index in [1.54, 1.807) is 6.07 Å². The van der Waals surface area contributed by atoms with Crippen molar-refractivity contribution in [2.24, 2.45) is 0 Å². The Morgan fingerprint density at radius 1 is 1.48 bits per heavy atom. The predicted molar refractivity (Wildman–Crippen MR) is 81.6 cm³/mol. The number of non-ortho nitro benzene ring substituents is 1. The number of nitro benzene ring substituents is 1. The van der Waals surface area contributed by atoms with Gasteiger partial charge in [-0.05, 0) is 39.7 Å². The lowest BCUT2D eigenvalue weighted by Gasteiger charge is -2.32. The van der Waals surface area contributed by atoms with Gasteiger partial charge in [0.15, 0.2) is 0 Å². The summed E-state index contributed by atoms with van der Waals surface area (Å²) in [5, 5.41) is 14.1. The maximum Gasteiger partial charge on any atom is 0.270 e. The molecule has 0 unspecified atom stereocenters.